The predicted molar refractivity (Wildman–Crippen MR) is 202 cm³/mol. The van der Waals surface area contributed by atoms with E-state index in [0.717, 1.165) is 57.5 Å². The molecule has 0 aliphatic carbocycles. The van der Waals surface area contributed by atoms with E-state index in [9.17, 15) is 19.3 Å². The molecule has 11 heteroatoms. The summed E-state index contributed by atoms with van der Waals surface area (Å²) in [7, 11) is -4.11. The van der Waals surface area contributed by atoms with Crippen molar-refractivity contribution >= 4 is 58.2 Å². The van der Waals surface area contributed by atoms with Gasteiger partial charge in [0, 0.05) is 56.1 Å². The van der Waals surface area contributed by atoms with Crippen molar-refractivity contribution < 1.29 is 33.4 Å². The number of rotatable bonds is 7. The second-order valence-corrected chi connectivity index (χ2v) is 17.1. The van der Waals surface area contributed by atoms with Gasteiger partial charge in [-0.2, -0.15) is 0 Å². The lowest BCUT2D eigenvalue weighted by molar-refractivity contribution is -0.198. The van der Waals surface area contributed by atoms with Crippen LogP contribution < -0.4 is 35.4 Å². The number of nitrogens with zero attached hydrogens (tertiary/aromatic N) is 3. The van der Waals surface area contributed by atoms with E-state index in [0.29, 0.717) is 32.2 Å². The minimum atomic E-state index is -4.11. The molecule has 1 saturated heterocycles. The zero-order valence-electron chi connectivity index (χ0n) is 31.0. The van der Waals surface area contributed by atoms with Gasteiger partial charge in [0.05, 0.1) is 16.1 Å². The third-order valence-electron chi connectivity index (χ3n) is 10.7. The minimum Gasteiger partial charge on any atom is -0.482 e. The summed E-state index contributed by atoms with van der Waals surface area (Å²) in [5, 5.41) is 2.93. The fraction of sp³-hybridized carbons (Fsp3) is 0.366. The van der Waals surface area contributed by atoms with E-state index in [1.807, 2.05) is 24.3 Å². The lowest BCUT2D eigenvalue weighted by atomic mass is 9.85. The molecule has 1 N–H and O–H groups in total. The van der Waals surface area contributed by atoms with Gasteiger partial charge in [-0.25, -0.2) is 9.37 Å². The van der Waals surface area contributed by atoms with Crippen LogP contribution in [0.15, 0.2) is 60.7 Å². The molecule has 270 valence electrons. The number of anilines is 1. The first-order chi connectivity index (χ1) is 24.5. The molecule has 0 saturated carbocycles. The fourth-order valence-corrected chi connectivity index (χ4v) is 10.4. The summed E-state index contributed by atoms with van der Waals surface area (Å²) in [5.74, 6) is -1.61. The van der Waals surface area contributed by atoms with Crippen molar-refractivity contribution in [3.63, 3.8) is 0 Å². The number of benzene rings is 3. The van der Waals surface area contributed by atoms with Gasteiger partial charge in [0.25, 0.3) is 19.2 Å². The van der Waals surface area contributed by atoms with Gasteiger partial charge >= 0.3 is 5.97 Å². The summed E-state index contributed by atoms with van der Waals surface area (Å²) < 4.78 is 23.0. The van der Waals surface area contributed by atoms with Crippen molar-refractivity contribution in [1.82, 2.24) is 9.64 Å². The second kappa shape index (κ2) is 12.4. The van der Waals surface area contributed by atoms with Crippen LogP contribution in [0, 0.1) is 0 Å². The normalized spacial score (nSPS) is 21.2. The standard InChI is InChI=1S/C41H44N3O7P/c1-9-42-32-19-34-30(17-28(32)24(3)21-40(42,5)6)39(26-11-13-27(14-12-26)50-23-38(47)51-44-36(45)15-16-37(44)46)31-18-29-25(4)22-41(7,8)43(10-2)33(29)20-35(31)52(34,48)49/h11-14,17-22H,9-10,15-16,23H2,1-8H3/p+1. The number of hydroxylamine groups is 2. The molecular formula is C41H45N3O7P+. The maximum Gasteiger partial charge on any atom is 0.370 e. The molecule has 4 heterocycles. The Hall–Kier alpha value is -4.79. The summed E-state index contributed by atoms with van der Waals surface area (Å²) in [5.41, 5.74) is 6.94. The highest BCUT2D eigenvalue weighted by atomic mass is 31.2. The summed E-state index contributed by atoms with van der Waals surface area (Å²) >= 11 is 0. The van der Waals surface area contributed by atoms with Gasteiger partial charge in [0.2, 0.25) is 5.36 Å². The van der Waals surface area contributed by atoms with Crippen molar-refractivity contribution in [3.05, 3.63) is 93.5 Å². The molecule has 0 radical (unpaired) electrons. The van der Waals surface area contributed by atoms with E-state index in [1.54, 1.807) is 12.1 Å². The predicted octanol–water partition coefficient (Wildman–Crippen LogP) is 4.18. The van der Waals surface area contributed by atoms with E-state index >= 15 is 4.57 Å². The van der Waals surface area contributed by atoms with Gasteiger partial charge in [-0.05, 0) is 111 Å². The molecule has 7 rings (SSSR count). The number of carbonyl (C=O) groups is 3. The largest absolute Gasteiger partial charge is 0.482 e. The van der Waals surface area contributed by atoms with Gasteiger partial charge in [-0.3, -0.25) is 14.2 Å². The molecule has 1 atom stereocenters. The lowest BCUT2D eigenvalue weighted by Crippen LogP contribution is -2.51. The topological polar surface area (TPSA) is 116 Å². The number of carbonyl (C=O) groups excluding carboxylic acids is 3. The molecule has 52 heavy (non-hydrogen) atoms. The van der Waals surface area contributed by atoms with Crippen LogP contribution in [0.25, 0.3) is 16.7 Å². The Labute approximate surface area is 303 Å². The smallest absolute Gasteiger partial charge is 0.370 e. The van der Waals surface area contributed by atoms with Crippen LogP contribution in [-0.2, 0) is 23.8 Å². The Morgan fingerprint density at radius 3 is 2.17 bits per heavy atom. The van der Waals surface area contributed by atoms with E-state index in [-0.39, 0.29) is 23.9 Å². The Morgan fingerprint density at radius 2 is 1.54 bits per heavy atom. The van der Waals surface area contributed by atoms with E-state index in [4.69, 9.17) is 9.57 Å². The van der Waals surface area contributed by atoms with Gasteiger partial charge in [0.15, 0.2) is 12.1 Å². The first-order valence-corrected chi connectivity index (χ1v) is 19.5. The second-order valence-electron chi connectivity index (χ2n) is 15.0. The SMILES string of the molecule is CCN1c2cc3c(cc2C(C)=CC1(C)C)C(c1ccc(OCC(=O)ON2C(=O)CCC2=O)cc1)=c1cc2c(cc1P3(=O)O)=[N+](CC)C(C)(C)C=C2C. The molecule has 2 amide bonds. The highest BCUT2D eigenvalue weighted by molar-refractivity contribution is 7.73. The summed E-state index contributed by atoms with van der Waals surface area (Å²) in [4.78, 5) is 55.7. The Kier molecular flexibility index (Phi) is 8.50. The van der Waals surface area contributed by atoms with Crippen molar-refractivity contribution in [1.29, 1.82) is 0 Å². The van der Waals surface area contributed by atoms with Gasteiger partial charge < -0.3 is 19.4 Å². The van der Waals surface area contributed by atoms with E-state index in [2.05, 4.69) is 89.2 Å². The van der Waals surface area contributed by atoms with Gasteiger partial charge in [-0.1, -0.05) is 18.2 Å². The highest BCUT2D eigenvalue weighted by Crippen LogP contribution is 2.48. The molecule has 1 unspecified atom stereocenters. The van der Waals surface area contributed by atoms with Crippen LogP contribution in [0.4, 0.5) is 5.69 Å². The Bertz CT molecular complexity index is 2320. The number of allylic oxidation sites excluding steroid dienone is 2. The summed E-state index contributed by atoms with van der Waals surface area (Å²) in [6.45, 7) is 18.0. The molecule has 1 fully saturated rings. The molecule has 0 bridgehead atoms. The Morgan fingerprint density at radius 1 is 0.885 bits per heavy atom. The third kappa shape index (κ3) is 5.64. The third-order valence-corrected chi connectivity index (χ3v) is 12.8. The molecule has 3 aromatic rings. The first kappa shape index (κ1) is 35.6. The number of ether oxygens (including phenoxy) is 1. The molecule has 10 nitrogen and oxygen atoms in total. The number of hydrogen-bond donors (Lipinski definition) is 1. The average Bonchev–Trinajstić information content (AvgIpc) is 3.39. The van der Waals surface area contributed by atoms with Crippen LogP contribution in [0.3, 0.4) is 0 Å². The highest BCUT2D eigenvalue weighted by Gasteiger charge is 2.41. The quantitative estimate of drug-likeness (QED) is 0.220. The minimum absolute atomic E-state index is 0.00622. The molecule has 3 aromatic carbocycles. The van der Waals surface area contributed by atoms with Crippen LogP contribution >= 0.6 is 7.37 Å². The fourth-order valence-electron chi connectivity index (χ4n) is 8.51. The van der Waals surface area contributed by atoms with Crippen molar-refractivity contribution in [2.75, 3.05) is 24.6 Å². The van der Waals surface area contributed by atoms with E-state index in [1.165, 1.54) is 0 Å². The molecule has 0 aromatic heterocycles. The summed E-state index contributed by atoms with van der Waals surface area (Å²) in [6.07, 6.45) is 4.51. The number of fused-ring (bicyclic) bond motifs is 4. The molecular weight excluding hydrogens is 677 g/mol. The number of imide groups is 1. The Balaban J connectivity index is 1.40. The van der Waals surface area contributed by atoms with Crippen molar-refractivity contribution in [3.8, 4) is 5.75 Å². The zero-order chi connectivity index (χ0) is 37.5. The molecule has 0 spiro atoms. The van der Waals surface area contributed by atoms with Crippen molar-refractivity contribution in [2.45, 2.75) is 79.3 Å². The van der Waals surface area contributed by atoms with Crippen LogP contribution in [0.2, 0.25) is 0 Å². The van der Waals surface area contributed by atoms with Gasteiger partial charge in [0.1, 0.15) is 12.3 Å². The maximum absolute atomic E-state index is 15.0. The summed E-state index contributed by atoms with van der Waals surface area (Å²) in [6, 6.07) is 15.2. The van der Waals surface area contributed by atoms with Crippen LogP contribution in [-0.4, -0.2) is 58.5 Å². The number of likely N-dealkylation sites (N-methyl/N-ethyl adjacent to an activating group) is 2. The lowest BCUT2D eigenvalue weighted by Gasteiger charge is -2.43. The number of hydrogen-bond acceptors (Lipinski definition) is 7. The zero-order valence-corrected chi connectivity index (χ0v) is 31.9. The maximum atomic E-state index is 15.0. The van der Waals surface area contributed by atoms with Crippen LogP contribution in [0.5, 0.6) is 5.75 Å². The number of amides is 2. The van der Waals surface area contributed by atoms with E-state index < -0.39 is 31.8 Å². The average molecular weight is 723 g/mol. The molecule has 4 aliphatic rings. The monoisotopic (exact) mass is 722 g/mol. The van der Waals surface area contributed by atoms with Crippen LogP contribution in [0.1, 0.15) is 90.5 Å². The van der Waals surface area contributed by atoms with Gasteiger partial charge in [-0.15, -0.1) is 5.06 Å². The van der Waals surface area contributed by atoms with Crippen molar-refractivity contribution in [2.24, 2.45) is 0 Å². The molecule has 4 aliphatic heterocycles. The first-order valence-electron chi connectivity index (χ1n) is 17.8.